The minimum Gasteiger partial charge on any atom is -0.493 e. The minimum absolute atomic E-state index is 0.190. The lowest BCUT2D eigenvalue weighted by Crippen LogP contribution is -2.23. The summed E-state index contributed by atoms with van der Waals surface area (Å²) in [6, 6.07) is 12.7. The normalized spacial score (nSPS) is 11.9. The van der Waals surface area contributed by atoms with E-state index in [1.807, 2.05) is 24.3 Å². The van der Waals surface area contributed by atoms with Crippen LogP contribution in [0.5, 0.6) is 11.5 Å². The zero-order valence-electron chi connectivity index (χ0n) is 14.5. The highest BCUT2D eigenvalue weighted by atomic mass is 35.5. The molecule has 0 aliphatic heterocycles. The van der Waals surface area contributed by atoms with E-state index >= 15 is 0 Å². The van der Waals surface area contributed by atoms with Gasteiger partial charge in [0, 0.05) is 10.6 Å². The molecule has 0 radical (unpaired) electrons. The van der Waals surface area contributed by atoms with Crippen LogP contribution in [0.3, 0.4) is 0 Å². The van der Waals surface area contributed by atoms with E-state index in [0.717, 1.165) is 5.56 Å². The standard InChI is InChI=1S/C19H14ClN3O3S/c1-25-14-8-7-12(9-15(14)26-2)17-21-22-19-23(17)18(24)16(27-19)10-11-5-3-4-6-13(11)20/h3-10H,1-2H3/b16-10-. The molecular formula is C19H14ClN3O3S. The van der Waals surface area contributed by atoms with Crippen LogP contribution in [-0.4, -0.2) is 28.8 Å². The molecule has 0 unspecified atom stereocenters. The molecule has 2 aromatic carbocycles. The number of rotatable bonds is 4. The third-order valence-corrected chi connectivity index (χ3v) is 5.39. The SMILES string of the molecule is COc1ccc(-c2nnc3s/c(=C\c4ccccc4Cl)c(=O)n23)cc1OC. The summed E-state index contributed by atoms with van der Waals surface area (Å²) >= 11 is 7.47. The first-order chi connectivity index (χ1) is 13.1. The summed E-state index contributed by atoms with van der Waals surface area (Å²) in [4.78, 5) is 13.5. The lowest BCUT2D eigenvalue weighted by Gasteiger charge is -2.08. The molecule has 0 amide bonds. The van der Waals surface area contributed by atoms with Crippen LogP contribution in [-0.2, 0) is 0 Å². The topological polar surface area (TPSA) is 65.7 Å². The number of hydrogen-bond donors (Lipinski definition) is 0. The molecule has 136 valence electrons. The van der Waals surface area contributed by atoms with Gasteiger partial charge in [-0.25, -0.2) is 4.40 Å². The van der Waals surface area contributed by atoms with Crippen molar-refractivity contribution < 1.29 is 9.47 Å². The number of thiazole rings is 1. The molecule has 0 fully saturated rings. The van der Waals surface area contributed by atoms with Crippen molar-refractivity contribution in [1.82, 2.24) is 14.6 Å². The zero-order chi connectivity index (χ0) is 19.0. The Morgan fingerprint density at radius 3 is 2.59 bits per heavy atom. The second-order valence-corrected chi connectivity index (χ2v) is 7.06. The van der Waals surface area contributed by atoms with Crippen LogP contribution in [0.15, 0.2) is 47.3 Å². The maximum Gasteiger partial charge on any atom is 0.276 e. The Morgan fingerprint density at radius 2 is 1.85 bits per heavy atom. The number of hydrogen-bond acceptors (Lipinski definition) is 6. The van der Waals surface area contributed by atoms with Crippen molar-refractivity contribution in [2.45, 2.75) is 0 Å². The van der Waals surface area contributed by atoms with E-state index in [2.05, 4.69) is 10.2 Å². The molecule has 0 N–H and O–H groups in total. The number of halogens is 1. The molecule has 0 aliphatic rings. The van der Waals surface area contributed by atoms with E-state index in [0.29, 0.717) is 37.4 Å². The quantitative estimate of drug-likeness (QED) is 0.527. The molecule has 0 saturated carbocycles. The largest absolute Gasteiger partial charge is 0.493 e. The molecule has 4 rings (SSSR count). The van der Waals surface area contributed by atoms with Gasteiger partial charge in [-0.1, -0.05) is 41.1 Å². The third-order valence-electron chi connectivity index (χ3n) is 4.08. The maximum atomic E-state index is 12.9. The predicted molar refractivity (Wildman–Crippen MR) is 106 cm³/mol. The first-order valence-electron chi connectivity index (χ1n) is 7.99. The lowest BCUT2D eigenvalue weighted by atomic mass is 10.2. The highest BCUT2D eigenvalue weighted by Crippen LogP contribution is 2.31. The second kappa shape index (κ2) is 7.02. The highest BCUT2D eigenvalue weighted by Gasteiger charge is 2.16. The Hall–Kier alpha value is -2.90. The van der Waals surface area contributed by atoms with E-state index in [9.17, 15) is 4.79 Å². The average Bonchev–Trinajstić information content (AvgIpc) is 3.23. The fourth-order valence-electron chi connectivity index (χ4n) is 2.76. The van der Waals surface area contributed by atoms with Crippen molar-refractivity contribution in [3.8, 4) is 22.9 Å². The van der Waals surface area contributed by atoms with E-state index in [-0.39, 0.29) is 5.56 Å². The number of benzene rings is 2. The summed E-state index contributed by atoms with van der Waals surface area (Å²) in [6.07, 6.45) is 1.77. The number of aromatic nitrogens is 3. The average molecular weight is 400 g/mol. The van der Waals surface area contributed by atoms with Crippen molar-refractivity contribution in [2.75, 3.05) is 14.2 Å². The van der Waals surface area contributed by atoms with Crippen molar-refractivity contribution in [3.63, 3.8) is 0 Å². The van der Waals surface area contributed by atoms with Gasteiger partial charge in [-0.3, -0.25) is 4.79 Å². The second-order valence-electron chi connectivity index (χ2n) is 5.65. The van der Waals surface area contributed by atoms with Gasteiger partial charge in [0.05, 0.1) is 18.8 Å². The molecule has 0 spiro atoms. The van der Waals surface area contributed by atoms with Crippen molar-refractivity contribution >= 4 is 34.0 Å². The van der Waals surface area contributed by atoms with E-state index < -0.39 is 0 Å². The van der Waals surface area contributed by atoms with Crippen LogP contribution in [0, 0.1) is 0 Å². The molecular weight excluding hydrogens is 386 g/mol. The van der Waals surface area contributed by atoms with E-state index in [4.69, 9.17) is 21.1 Å². The number of nitrogens with zero attached hydrogens (tertiary/aromatic N) is 3. The maximum absolute atomic E-state index is 12.9. The Balaban J connectivity index is 1.89. The molecule has 6 nitrogen and oxygen atoms in total. The van der Waals surface area contributed by atoms with Crippen LogP contribution in [0.1, 0.15) is 5.56 Å². The van der Waals surface area contributed by atoms with Crippen molar-refractivity contribution in [1.29, 1.82) is 0 Å². The van der Waals surface area contributed by atoms with Crippen LogP contribution in [0.25, 0.3) is 22.4 Å². The predicted octanol–water partition coefficient (Wildman–Crippen LogP) is 3.04. The van der Waals surface area contributed by atoms with Crippen LogP contribution in [0.4, 0.5) is 0 Å². The Bertz CT molecular complexity index is 1250. The molecule has 2 aromatic heterocycles. The monoisotopic (exact) mass is 399 g/mol. The number of methoxy groups -OCH3 is 2. The van der Waals surface area contributed by atoms with E-state index in [1.54, 1.807) is 38.5 Å². The van der Waals surface area contributed by atoms with Gasteiger partial charge in [0.1, 0.15) is 0 Å². The Kier molecular flexibility index (Phi) is 4.55. The Morgan fingerprint density at radius 1 is 1.07 bits per heavy atom. The summed E-state index contributed by atoms with van der Waals surface area (Å²) in [6.45, 7) is 0. The molecule has 0 atom stereocenters. The van der Waals surface area contributed by atoms with Gasteiger partial charge in [0.25, 0.3) is 5.56 Å². The van der Waals surface area contributed by atoms with Crippen LogP contribution < -0.4 is 19.6 Å². The summed E-state index contributed by atoms with van der Waals surface area (Å²) in [5.41, 5.74) is 1.30. The fourth-order valence-corrected chi connectivity index (χ4v) is 3.85. The highest BCUT2D eigenvalue weighted by molar-refractivity contribution is 7.15. The summed E-state index contributed by atoms with van der Waals surface area (Å²) < 4.78 is 12.6. The molecule has 4 aromatic rings. The van der Waals surface area contributed by atoms with Gasteiger partial charge in [-0.2, -0.15) is 0 Å². The van der Waals surface area contributed by atoms with Crippen molar-refractivity contribution in [2.24, 2.45) is 0 Å². The van der Waals surface area contributed by atoms with E-state index in [1.165, 1.54) is 15.7 Å². The molecule has 2 heterocycles. The minimum atomic E-state index is -0.190. The Labute approximate surface area is 163 Å². The van der Waals surface area contributed by atoms with Crippen LogP contribution >= 0.6 is 22.9 Å². The van der Waals surface area contributed by atoms with Gasteiger partial charge in [-0.15, -0.1) is 10.2 Å². The van der Waals surface area contributed by atoms with Gasteiger partial charge >= 0.3 is 0 Å². The summed E-state index contributed by atoms with van der Waals surface area (Å²) in [7, 11) is 3.12. The number of ether oxygens (including phenoxy) is 2. The first-order valence-corrected chi connectivity index (χ1v) is 9.18. The molecule has 0 aliphatic carbocycles. The van der Waals surface area contributed by atoms with Gasteiger partial charge in [0.15, 0.2) is 17.3 Å². The molecule has 0 saturated heterocycles. The van der Waals surface area contributed by atoms with Crippen molar-refractivity contribution in [3.05, 3.63) is 67.9 Å². The summed E-state index contributed by atoms with van der Waals surface area (Å²) in [5, 5.41) is 8.90. The molecule has 8 heteroatoms. The molecule has 27 heavy (non-hydrogen) atoms. The smallest absolute Gasteiger partial charge is 0.276 e. The summed E-state index contributed by atoms with van der Waals surface area (Å²) in [5.74, 6) is 1.60. The van der Waals surface area contributed by atoms with Crippen LogP contribution in [0.2, 0.25) is 5.02 Å². The van der Waals surface area contributed by atoms with Gasteiger partial charge in [-0.05, 0) is 35.9 Å². The van der Waals surface area contributed by atoms with Gasteiger partial charge in [0.2, 0.25) is 4.96 Å². The van der Waals surface area contributed by atoms with Gasteiger partial charge < -0.3 is 9.47 Å². The zero-order valence-corrected chi connectivity index (χ0v) is 16.0. The lowest BCUT2D eigenvalue weighted by molar-refractivity contribution is 0.355. The fraction of sp³-hybridized carbons (Fsp3) is 0.105. The third kappa shape index (κ3) is 3.05. The first kappa shape index (κ1) is 17.5. The number of fused-ring (bicyclic) bond motifs is 1. The molecule has 0 bridgehead atoms.